The maximum atomic E-state index is 6.06. The van der Waals surface area contributed by atoms with E-state index in [1.807, 2.05) is 6.92 Å². The summed E-state index contributed by atoms with van der Waals surface area (Å²) in [4.78, 5) is 0. The van der Waals surface area contributed by atoms with Crippen molar-refractivity contribution >= 4 is 0 Å². The average molecular weight is 233 g/mol. The minimum Gasteiger partial charge on any atom is -0.494 e. The fraction of sp³-hybridized carbons (Fsp3) is 0.600. The number of hydrogen-bond acceptors (Lipinski definition) is 2. The van der Waals surface area contributed by atoms with Crippen LogP contribution in [0.3, 0.4) is 0 Å². The largest absolute Gasteiger partial charge is 0.494 e. The molecule has 0 unspecified atom stereocenters. The van der Waals surface area contributed by atoms with Crippen LogP contribution in [0.1, 0.15) is 43.7 Å². The minimum atomic E-state index is 0.163. The molecule has 1 fully saturated rings. The van der Waals surface area contributed by atoms with Crippen LogP contribution >= 0.6 is 0 Å². The van der Waals surface area contributed by atoms with Crippen LogP contribution in [-0.2, 0) is 5.41 Å². The Morgan fingerprint density at radius 3 is 2.59 bits per heavy atom. The molecular weight excluding hydrogens is 210 g/mol. The predicted octanol–water partition coefficient (Wildman–Crippen LogP) is 3.16. The summed E-state index contributed by atoms with van der Waals surface area (Å²) in [7, 11) is 0. The van der Waals surface area contributed by atoms with E-state index in [1.165, 1.54) is 36.8 Å². The number of aryl methyl sites for hydroxylation is 1. The Balaban J connectivity index is 2.43. The lowest BCUT2D eigenvalue weighted by Gasteiger charge is -2.30. The number of nitrogens with two attached hydrogens (primary N) is 1. The summed E-state index contributed by atoms with van der Waals surface area (Å²) in [6, 6.07) is 6.49. The summed E-state index contributed by atoms with van der Waals surface area (Å²) >= 11 is 0. The zero-order valence-corrected chi connectivity index (χ0v) is 11.0. The van der Waals surface area contributed by atoms with Gasteiger partial charge in [-0.05, 0) is 32.8 Å². The van der Waals surface area contributed by atoms with E-state index >= 15 is 0 Å². The van der Waals surface area contributed by atoms with Gasteiger partial charge in [-0.15, -0.1) is 0 Å². The van der Waals surface area contributed by atoms with Crippen molar-refractivity contribution in [2.24, 2.45) is 5.73 Å². The average Bonchev–Trinajstić information content (AvgIpc) is 2.81. The highest BCUT2D eigenvalue weighted by Crippen LogP contribution is 2.44. The van der Waals surface area contributed by atoms with E-state index in [4.69, 9.17) is 10.5 Å². The van der Waals surface area contributed by atoms with Gasteiger partial charge in [0.15, 0.2) is 0 Å². The van der Waals surface area contributed by atoms with E-state index < -0.39 is 0 Å². The molecule has 0 radical (unpaired) electrons. The molecule has 0 heterocycles. The fourth-order valence-corrected chi connectivity index (χ4v) is 2.97. The summed E-state index contributed by atoms with van der Waals surface area (Å²) < 4.78 is 5.78. The smallest absolute Gasteiger partial charge is 0.123 e. The van der Waals surface area contributed by atoms with Crippen molar-refractivity contribution in [1.82, 2.24) is 0 Å². The first-order valence-corrected chi connectivity index (χ1v) is 6.66. The number of rotatable bonds is 4. The van der Waals surface area contributed by atoms with Crippen LogP contribution in [0.2, 0.25) is 0 Å². The molecule has 94 valence electrons. The quantitative estimate of drug-likeness (QED) is 0.867. The molecule has 0 aliphatic heterocycles. The lowest BCUT2D eigenvalue weighted by molar-refractivity contribution is 0.322. The molecule has 0 atom stereocenters. The Morgan fingerprint density at radius 2 is 2.00 bits per heavy atom. The normalized spacial score (nSPS) is 18.3. The van der Waals surface area contributed by atoms with Crippen LogP contribution in [-0.4, -0.2) is 13.2 Å². The van der Waals surface area contributed by atoms with E-state index in [0.717, 1.165) is 18.9 Å². The van der Waals surface area contributed by atoms with Crippen molar-refractivity contribution in [1.29, 1.82) is 0 Å². The molecule has 1 aromatic rings. The lowest BCUT2D eigenvalue weighted by atomic mass is 9.78. The summed E-state index contributed by atoms with van der Waals surface area (Å²) in [6.45, 7) is 5.62. The second-order valence-electron chi connectivity index (χ2n) is 5.12. The van der Waals surface area contributed by atoms with Gasteiger partial charge in [0.1, 0.15) is 5.75 Å². The molecule has 2 nitrogen and oxygen atoms in total. The van der Waals surface area contributed by atoms with Gasteiger partial charge in [0.2, 0.25) is 0 Å². The number of benzene rings is 1. The van der Waals surface area contributed by atoms with Crippen molar-refractivity contribution in [2.45, 2.75) is 44.9 Å². The van der Waals surface area contributed by atoms with Crippen molar-refractivity contribution in [3.63, 3.8) is 0 Å². The summed E-state index contributed by atoms with van der Waals surface area (Å²) in [5.41, 5.74) is 8.85. The van der Waals surface area contributed by atoms with Crippen molar-refractivity contribution in [3.8, 4) is 5.75 Å². The van der Waals surface area contributed by atoms with Gasteiger partial charge in [-0.2, -0.15) is 0 Å². The highest BCUT2D eigenvalue weighted by Gasteiger charge is 2.36. The van der Waals surface area contributed by atoms with Gasteiger partial charge in [0, 0.05) is 17.5 Å². The molecule has 1 aliphatic rings. The first kappa shape index (κ1) is 12.4. The van der Waals surface area contributed by atoms with Gasteiger partial charge in [-0.25, -0.2) is 0 Å². The Kier molecular flexibility index (Phi) is 3.72. The van der Waals surface area contributed by atoms with Crippen LogP contribution < -0.4 is 10.5 Å². The fourth-order valence-electron chi connectivity index (χ4n) is 2.97. The summed E-state index contributed by atoms with van der Waals surface area (Å²) in [6.07, 6.45) is 4.98. The third-order valence-corrected chi connectivity index (χ3v) is 3.96. The topological polar surface area (TPSA) is 35.2 Å². The second kappa shape index (κ2) is 5.09. The molecule has 1 aromatic carbocycles. The first-order valence-electron chi connectivity index (χ1n) is 6.66. The Hall–Kier alpha value is -1.02. The molecule has 1 saturated carbocycles. The third-order valence-electron chi connectivity index (χ3n) is 3.96. The molecule has 2 rings (SSSR count). The molecule has 0 bridgehead atoms. The van der Waals surface area contributed by atoms with E-state index in [9.17, 15) is 0 Å². The standard InChI is InChI=1S/C15H23NO/c1-3-17-14-7-6-12(2)10-13(14)15(11-16)8-4-5-9-15/h6-7,10H,3-5,8-9,11,16H2,1-2H3. The number of ether oxygens (including phenoxy) is 1. The van der Waals surface area contributed by atoms with Gasteiger partial charge >= 0.3 is 0 Å². The van der Waals surface area contributed by atoms with E-state index in [2.05, 4.69) is 25.1 Å². The van der Waals surface area contributed by atoms with Crippen molar-refractivity contribution < 1.29 is 4.74 Å². The third kappa shape index (κ3) is 2.32. The van der Waals surface area contributed by atoms with Gasteiger partial charge in [-0.3, -0.25) is 0 Å². The van der Waals surface area contributed by atoms with Crippen LogP contribution in [0.5, 0.6) is 5.75 Å². The van der Waals surface area contributed by atoms with Crippen LogP contribution in [0.15, 0.2) is 18.2 Å². The summed E-state index contributed by atoms with van der Waals surface area (Å²) in [5.74, 6) is 1.03. The molecule has 2 N–H and O–H groups in total. The van der Waals surface area contributed by atoms with Gasteiger partial charge in [0.05, 0.1) is 6.61 Å². The highest BCUT2D eigenvalue weighted by atomic mass is 16.5. The number of hydrogen-bond donors (Lipinski definition) is 1. The lowest BCUT2D eigenvalue weighted by Crippen LogP contribution is -2.32. The molecule has 2 heteroatoms. The molecule has 0 spiro atoms. The maximum Gasteiger partial charge on any atom is 0.123 e. The van der Waals surface area contributed by atoms with Gasteiger partial charge in [0.25, 0.3) is 0 Å². The zero-order valence-electron chi connectivity index (χ0n) is 11.0. The Bertz CT molecular complexity index is 381. The van der Waals surface area contributed by atoms with E-state index in [1.54, 1.807) is 0 Å². The van der Waals surface area contributed by atoms with Crippen molar-refractivity contribution in [2.75, 3.05) is 13.2 Å². The minimum absolute atomic E-state index is 0.163. The highest BCUT2D eigenvalue weighted by molar-refractivity contribution is 5.43. The van der Waals surface area contributed by atoms with E-state index in [0.29, 0.717) is 0 Å². The van der Waals surface area contributed by atoms with E-state index in [-0.39, 0.29) is 5.41 Å². The van der Waals surface area contributed by atoms with Crippen LogP contribution in [0.25, 0.3) is 0 Å². The SMILES string of the molecule is CCOc1ccc(C)cc1C1(CN)CCCC1. The van der Waals surface area contributed by atoms with Crippen LogP contribution in [0, 0.1) is 6.92 Å². The van der Waals surface area contributed by atoms with Crippen LogP contribution in [0.4, 0.5) is 0 Å². The molecule has 1 aliphatic carbocycles. The summed E-state index contributed by atoms with van der Waals surface area (Å²) in [5, 5.41) is 0. The molecule has 0 amide bonds. The monoisotopic (exact) mass is 233 g/mol. The first-order chi connectivity index (χ1) is 8.22. The van der Waals surface area contributed by atoms with Gasteiger partial charge in [-0.1, -0.05) is 30.5 Å². The molecule has 0 aromatic heterocycles. The Labute approximate surface area is 104 Å². The van der Waals surface area contributed by atoms with Gasteiger partial charge < -0.3 is 10.5 Å². The Morgan fingerprint density at radius 1 is 1.29 bits per heavy atom. The molecule has 17 heavy (non-hydrogen) atoms. The molecular formula is C15H23NO. The van der Waals surface area contributed by atoms with Crippen molar-refractivity contribution in [3.05, 3.63) is 29.3 Å². The second-order valence-corrected chi connectivity index (χ2v) is 5.12. The zero-order chi connectivity index (χ0) is 12.3. The maximum absolute atomic E-state index is 6.06. The predicted molar refractivity (Wildman–Crippen MR) is 71.5 cm³/mol. The molecule has 0 saturated heterocycles.